The zero-order valence-corrected chi connectivity index (χ0v) is 27.7. The van der Waals surface area contributed by atoms with Crippen molar-refractivity contribution in [1.82, 2.24) is 19.5 Å². The smallest absolute Gasteiger partial charge is 0.241 e. The summed E-state index contributed by atoms with van der Waals surface area (Å²) in [5, 5.41) is 6.90. The van der Waals surface area contributed by atoms with Crippen LogP contribution in [0.3, 0.4) is 0 Å². The molecule has 0 saturated carbocycles. The first-order valence-corrected chi connectivity index (χ1v) is 15.5. The van der Waals surface area contributed by atoms with Crippen molar-refractivity contribution in [2.75, 3.05) is 18.4 Å². The molecule has 2 aromatic heterocycles. The molecule has 0 bridgehead atoms. The van der Waals surface area contributed by atoms with Crippen molar-refractivity contribution < 1.29 is 22.0 Å². The maximum Gasteiger partial charge on any atom is 0.241 e. The maximum absolute atomic E-state index is 15.5. The van der Waals surface area contributed by atoms with Gasteiger partial charge in [-0.25, -0.2) is 31.5 Å². The molecular weight excluding hydrogens is 586 g/mol. The molecule has 12 heteroatoms. The summed E-state index contributed by atoms with van der Waals surface area (Å²) in [7, 11) is 6.34. The molecule has 1 N–H and O–H groups in total. The molecule has 2 radical (unpaired) electrons. The Morgan fingerprint density at radius 3 is 2.38 bits per heavy atom. The van der Waals surface area contributed by atoms with Crippen molar-refractivity contribution >= 4 is 31.2 Å². The minimum atomic E-state index is -2.12. The predicted molar refractivity (Wildman–Crippen MR) is 176 cm³/mol. The fourth-order valence-corrected chi connectivity index (χ4v) is 4.93. The number of aliphatic imine (C=N–C) groups is 1. The van der Waals surface area contributed by atoms with Crippen LogP contribution in [0.25, 0.3) is 16.6 Å². The summed E-state index contributed by atoms with van der Waals surface area (Å²) in [4.78, 5) is 10.7. The van der Waals surface area contributed by atoms with Crippen LogP contribution in [0.2, 0.25) is 5.31 Å². The van der Waals surface area contributed by atoms with Gasteiger partial charge in [0.25, 0.3) is 0 Å². The molecule has 3 heterocycles. The molecule has 3 aromatic rings. The Hall–Kier alpha value is -3.44. The first-order chi connectivity index (χ1) is 21.2. The van der Waals surface area contributed by atoms with E-state index in [0.717, 1.165) is 12.1 Å². The molecule has 1 aromatic carbocycles. The molecule has 246 valence electrons. The van der Waals surface area contributed by atoms with Gasteiger partial charge in [-0.2, -0.15) is 0 Å². The normalized spacial score (nSPS) is 16.8. The number of benzene rings is 1. The third kappa shape index (κ3) is 10.0. The molecule has 2 atom stereocenters. The molecule has 1 saturated heterocycles. The van der Waals surface area contributed by atoms with Gasteiger partial charge in [-0.05, 0) is 56.4 Å². The number of aromatic nitrogens is 3. The second-order valence-corrected chi connectivity index (χ2v) is 11.4. The maximum atomic E-state index is 15.5. The highest BCUT2D eigenvalue weighted by molar-refractivity contribution is 6.14. The Kier molecular flexibility index (Phi) is 14.1. The fourth-order valence-electron chi connectivity index (χ4n) is 4.93. The lowest BCUT2D eigenvalue weighted by Gasteiger charge is -2.37. The topological polar surface area (TPSA) is 57.8 Å². The van der Waals surface area contributed by atoms with E-state index >= 15 is 8.78 Å². The van der Waals surface area contributed by atoms with Gasteiger partial charge >= 0.3 is 0 Å². The molecular formula is C33H46BF5N6. The Balaban J connectivity index is 0.000000917. The van der Waals surface area contributed by atoms with E-state index in [4.69, 9.17) is 7.85 Å². The number of nitrogens with one attached hydrogen (secondary N) is 1. The van der Waals surface area contributed by atoms with Gasteiger partial charge in [-0.1, -0.05) is 53.4 Å². The van der Waals surface area contributed by atoms with E-state index in [1.165, 1.54) is 29.9 Å². The van der Waals surface area contributed by atoms with Gasteiger partial charge in [0.2, 0.25) is 12.4 Å². The Bertz CT molecular complexity index is 1430. The van der Waals surface area contributed by atoms with Crippen molar-refractivity contribution in [3.8, 4) is 11.1 Å². The summed E-state index contributed by atoms with van der Waals surface area (Å²) in [6.45, 7) is 19.5. The lowest BCUT2D eigenvalue weighted by atomic mass is 9.69. The number of piperidine rings is 1. The third-order valence-corrected chi connectivity index (χ3v) is 7.10. The van der Waals surface area contributed by atoms with Crippen LogP contribution >= 0.6 is 0 Å². The van der Waals surface area contributed by atoms with Gasteiger partial charge in [0.05, 0.1) is 37.8 Å². The zero-order valence-electron chi connectivity index (χ0n) is 27.7. The van der Waals surface area contributed by atoms with E-state index in [-0.39, 0.29) is 36.6 Å². The molecule has 45 heavy (non-hydrogen) atoms. The number of hydrogen-bond acceptors (Lipinski definition) is 5. The van der Waals surface area contributed by atoms with E-state index in [0.29, 0.717) is 35.3 Å². The average Bonchev–Trinajstić information content (AvgIpc) is 3.32. The van der Waals surface area contributed by atoms with Crippen LogP contribution in [-0.4, -0.2) is 65.3 Å². The fraction of sp³-hybridized carbons (Fsp3) is 0.545. The highest BCUT2D eigenvalue weighted by atomic mass is 19.3. The first kappa shape index (κ1) is 37.8. The quantitative estimate of drug-likeness (QED) is 0.145. The van der Waals surface area contributed by atoms with Crippen LogP contribution in [0.4, 0.5) is 33.6 Å². The first-order valence-electron chi connectivity index (χ1n) is 15.5. The minimum Gasteiger partial charge on any atom is -0.372 e. The standard InChI is InChI=1S/C28H34BF3N6.C3H6F2.C2H6/c1-7-17(4)37-10-9-22(20(31)14-37)34-27-35-23(13-28(5,6)29)26-24(21(32)15-38(26)36-27)18-11-16(3)25(33-8-2)19(30)12-18;1-2-3(4)5;1-2/h8,11-12,15,20,22H,4,7,9-10,13-14H2,1-3,5-6H3,(H,34,36);3H,2H2,1H3;1-2H3. The van der Waals surface area contributed by atoms with Gasteiger partial charge < -0.3 is 10.2 Å². The number of alkyl halides is 3. The number of hydrogen-bond donors (Lipinski definition) is 1. The zero-order chi connectivity index (χ0) is 34.1. The predicted octanol–water partition coefficient (Wildman–Crippen LogP) is 9.05. The van der Waals surface area contributed by atoms with Gasteiger partial charge in [0, 0.05) is 30.4 Å². The Morgan fingerprint density at radius 1 is 1.22 bits per heavy atom. The highest BCUT2D eigenvalue weighted by Crippen LogP contribution is 2.37. The lowest BCUT2D eigenvalue weighted by Crippen LogP contribution is -2.47. The molecule has 0 aliphatic carbocycles. The van der Waals surface area contributed by atoms with Crippen molar-refractivity contribution in [2.24, 2.45) is 4.99 Å². The van der Waals surface area contributed by atoms with Crippen LogP contribution < -0.4 is 5.32 Å². The van der Waals surface area contributed by atoms with Crippen molar-refractivity contribution in [3.63, 3.8) is 0 Å². The number of rotatable bonds is 9. The molecule has 0 amide bonds. The molecule has 1 fully saturated rings. The average molecular weight is 633 g/mol. The number of anilines is 1. The molecule has 2 unspecified atom stereocenters. The van der Waals surface area contributed by atoms with E-state index in [9.17, 15) is 13.2 Å². The van der Waals surface area contributed by atoms with E-state index in [1.807, 2.05) is 39.5 Å². The molecule has 1 aliphatic rings. The van der Waals surface area contributed by atoms with E-state index in [1.54, 1.807) is 19.9 Å². The number of aryl methyl sites for hydroxylation is 1. The van der Waals surface area contributed by atoms with Gasteiger partial charge in [0.1, 0.15) is 17.7 Å². The van der Waals surface area contributed by atoms with Gasteiger partial charge in [0.15, 0.2) is 5.82 Å². The summed E-state index contributed by atoms with van der Waals surface area (Å²) in [5.74, 6) is -0.945. The third-order valence-electron chi connectivity index (χ3n) is 7.10. The summed E-state index contributed by atoms with van der Waals surface area (Å²) in [6.07, 6.45) is 1.03. The van der Waals surface area contributed by atoms with Crippen molar-refractivity contribution in [3.05, 3.63) is 53.5 Å². The summed E-state index contributed by atoms with van der Waals surface area (Å²) in [5.41, 5.74) is 3.09. The minimum absolute atomic E-state index is 0.0278. The monoisotopic (exact) mass is 632 g/mol. The van der Waals surface area contributed by atoms with Crippen LogP contribution in [0.5, 0.6) is 0 Å². The second kappa shape index (κ2) is 16.8. The second-order valence-electron chi connectivity index (χ2n) is 11.4. The molecule has 6 nitrogen and oxygen atoms in total. The highest BCUT2D eigenvalue weighted by Gasteiger charge is 2.31. The van der Waals surface area contributed by atoms with Crippen LogP contribution in [-0.2, 0) is 6.42 Å². The summed E-state index contributed by atoms with van der Waals surface area (Å²) in [6, 6.07) is 2.46. The molecule has 0 spiro atoms. The number of nitrogens with zero attached hydrogens (tertiary/aromatic N) is 5. The molecule has 4 rings (SSSR count). The van der Waals surface area contributed by atoms with Gasteiger partial charge in [-0.3, -0.25) is 4.99 Å². The number of allylic oxidation sites excluding steroid dienone is 1. The van der Waals surface area contributed by atoms with Gasteiger partial charge in [-0.15, -0.1) is 5.10 Å². The van der Waals surface area contributed by atoms with Crippen LogP contribution in [0.1, 0.15) is 79.0 Å². The SMILES string of the molecule is CC.CCC(F)F.[B]C(C)(C)Cc1nc(NC2CCN(C(=C)CC)CC2F)nn2cc(F)c(-c3cc(C)c(N=CC)c(F)c3)c12. The Morgan fingerprint density at radius 2 is 1.87 bits per heavy atom. The van der Waals surface area contributed by atoms with E-state index in [2.05, 4.69) is 27.0 Å². The summed E-state index contributed by atoms with van der Waals surface area (Å²) < 4.78 is 68.4. The van der Waals surface area contributed by atoms with Crippen LogP contribution in [0, 0.1) is 18.6 Å². The van der Waals surface area contributed by atoms with Crippen molar-refractivity contribution in [2.45, 2.75) is 105 Å². The lowest BCUT2D eigenvalue weighted by molar-refractivity contribution is 0.144. The van der Waals surface area contributed by atoms with Crippen LogP contribution in [0.15, 0.2) is 35.6 Å². The number of likely N-dealkylation sites (tertiary alicyclic amines) is 1. The number of fused-ring (bicyclic) bond motifs is 1. The Labute approximate surface area is 265 Å². The molecule has 1 aliphatic heterocycles. The largest absolute Gasteiger partial charge is 0.372 e. The summed E-state index contributed by atoms with van der Waals surface area (Å²) >= 11 is 0. The van der Waals surface area contributed by atoms with Crippen molar-refractivity contribution in [1.29, 1.82) is 0 Å². The number of halogens is 5. The van der Waals surface area contributed by atoms with E-state index < -0.39 is 35.6 Å².